The lowest BCUT2D eigenvalue weighted by Gasteiger charge is -2.17. The van der Waals surface area contributed by atoms with Crippen molar-refractivity contribution in [3.8, 4) is 0 Å². The van der Waals surface area contributed by atoms with Crippen LogP contribution in [0.2, 0.25) is 0 Å². The van der Waals surface area contributed by atoms with Crippen molar-refractivity contribution in [1.82, 2.24) is 19.9 Å². The zero-order valence-corrected chi connectivity index (χ0v) is 12.4. The van der Waals surface area contributed by atoms with Gasteiger partial charge >= 0.3 is 0 Å². The molecule has 0 saturated carbocycles. The van der Waals surface area contributed by atoms with E-state index in [9.17, 15) is 9.90 Å². The maximum absolute atomic E-state index is 12.6. The third-order valence-electron chi connectivity index (χ3n) is 4.02. The Labute approximate surface area is 128 Å². The fourth-order valence-corrected chi connectivity index (χ4v) is 2.81. The number of β-amino-alcohol motifs (C(OH)–C–C–N with tert-alkyl or cyclic N) is 1. The van der Waals surface area contributed by atoms with Gasteiger partial charge in [0.05, 0.1) is 17.4 Å². The third kappa shape index (κ3) is 2.96. The molecule has 0 aromatic carbocycles. The number of aliphatic hydroxyl groups excluding tert-OH is 1. The van der Waals surface area contributed by atoms with E-state index in [1.54, 1.807) is 41.8 Å². The monoisotopic (exact) mass is 298 g/mol. The highest BCUT2D eigenvalue weighted by Crippen LogP contribution is 2.22. The van der Waals surface area contributed by atoms with Crippen molar-refractivity contribution >= 4 is 5.91 Å². The average Bonchev–Trinajstić information content (AvgIpc) is 2.89. The van der Waals surface area contributed by atoms with Gasteiger partial charge in [-0.1, -0.05) is 0 Å². The first-order chi connectivity index (χ1) is 10.6. The number of aryl methyl sites for hydroxylation is 1. The van der Waals surface area contributed by atoms with Gasteiger partial charge in [-0.05, 0) is 25.5 Å². The molecule has 0 spiro atoms. The topological polar surface area (TPSA) is 79.2 Å². The third-order valence-corrected chi connectivity index (χ3v) is 4.02. The van der Waals surface area contributed by atoms with Crippen molar-refractivity contribution in [1.29, 1.82) is 0 Å². The van der Waals surface area contributed by atoms with Gasteiger partial charge < -0.3 is 10.0 Å². The van der Waals surface area contributed by atoms with E-state index in [1.165, 1.54) is 0 Å². The van der Waals surface area contributed by atoms with Crippen LogP contribution < -0.4 is 0 Å². The van der Waals surface area contributed by atoms with Crippen LogP contribution in [0.1, 0.15) is 21.7 Å². The number of aromatic nitrogens is 3. The van der Waals surface area contributed by atoms with E-state index in [0.717, 1.165) is 5.69 Å². The molecule has 0 unspecified atom stereocenters. The van der Waals surface area contributed by atoms with Crippen molar-refractivity contribution in [3.63, 3.8) is 0 Å². The first-order valence-electron chi connectivity index (χ1n) is 7.29. The van der Waals surface area contributed by atoms with Crippen molar-refractivity contribution in [3.05, 3.63) is 53.9 Å². The summed E-state index contributed by atoms with van der Waals surface area (Å²) in [5, 5.41) is 10.2. The van der Waals surface area contributed by atoms with Crippen LogP contribution in [0.3, 0.4) is 0 Å². The maximum Gasteiger partial charge on any atom is 0.255 e. The number of nitrogens with zero attached hydrogens (tertiary/aromatic N) is 4. The van der Waals surface area contributed by atoms with Crippen molar-refractivity contribution < 1.29 is 9.90 Å². The van der Waals surface area contributed by atoms with Crippen molar-refractivity contribution in [2.45, 2.75) is 19.4 Å². The zero-order valence-electron chi connectivity index (χ0n) is 12.4. The van der Waals surface area contributed by atoms with Gasteiger partial charge in [0.2, 0.25) is 0 Å². The highest BCUT2D eigenvalue weighted by atomic mass is 16.3. The molecule has 6 nitrogen and oxygen atoms in total. The first-order valence-corrected chi connectivity index (χ1v) is 7.29. The van der Waals surface area contributed by atoms with Gasteiger partial charge in [0.15, 0.2) is 0 Å². The van der Waals surface area contributed by atoms with Crippen LogP contribution in [0.4, 0.5) is 0 Å². The van der Waals surface area contributed by atoms with Crippen LogP contribution in [-0.2, 0) is 6.42 Å². The quantitative estimate of drug-likeness (QED) is 0.909. The standard InChI is InChI=1S/C16H18N4O2/c1-11-14(3-2-4-18-11)16(22)20-9-12(15(21)10-20)7-13-8-17-5-6-19-13/h2-6,8,12,15,21H,7,9-10H2,1H3/t12-,15-/m1/s1. The number of hydrogen-bond donors (Lipinski definition) is 1. The van der Waals surface area contributed by atoms with Gasteiger partial charge in [0.25, 0.3) is 5.91 Å². The second-order valence-corrected chi connectivity index (χ2v) is 5.57. The predicted octanol–water partition coefficient (Wildman–Crippen LogP) is 0.856. The molecular formula is C16H18N4O2. The maximum atomic E-state index is 12.6. The largest absolute Gasteiger partial charge is 0.391 e. The van der Waals surface area contributed by atoms with Crippen LogP contribution in [0, 0.1) is 12.8 Å². The molecule has 114 valence electrons. The summed E-state index contributed by atoms with van der Waals surface area (Å²) < 4.78 is 0. The molecule has 3 rings (SSSR count). The summed E-state index contributed by atoms with van der Waals surface area (Å²) in [6, 6.07) is 3.52. The number of carbonyl (C=O) groups excluding carboxylic acids is 1. The van der Waals surface area contributed by atoms with Gasteiger partial charge in [-0.15, -0.1) is 0 Å². The molecule has 1 N–H and O–H groups in total. The fraction of sp³-hybridized carbons (Fsp3) is 0.375. The van der Waals surface area contributed by atoms with Crippen LogP contribution in [0.5, 0.6) is 0 Å². The molecule has 0 aliphatic carbocycles. The zero-order chi connectivity index (χ0) is 15.5. The molecule has 1 amide bonds. The molecular weight excluding hydrogens is 280 g/mol. The molecule has 1 fully saturated rings. The summed E-state index contributed by atoms with van der Waals surface area (Å²) >= 11 is 0. The Morgan fingerprint density at radius 3 is 2.91 bits per heavy atom. The fourth-order valence-electron chi connectivity index (χ4n) is 2.81. The molecule has 22 heavy (non-hydrogen) atoms. The number of carbonyl (C=O) groups is 1. The molecule has 1 saturated heterocycles. The van der Waals surface area contributed by atoms with E-state index in [2.05, 4.69) is 15.0 Å². The lowest BCUT2D eigenvalue weighted by atomic mass is 10.0. The number of amides is 1. The Balaban J connectivity index is 1.70. The number of pyridine rings is 1. The van der Waals surface area contributed by atoms with Gasteiger partial charge in [-0.2, -0.15) is 0 Å². The second-order valence-electron chi connectivity index (χ2n) is 5.57. The van der Waals surface area contributed by atoms with E-state index in [4.69, 9.17) is 0 Å². The van der Waals surface area contributed by atoms with Crippen molar-refractivity contribution in [2.24, 2.45) is 5.92 Å². The Bertz CT molecular complexity index is 662. The number of aliphatic hydroxyl groups is 1. The van der Waals surface area contributed by atoms with Gasteiger partial charge in [0.1, 0.15) is 0 Å². The molecule has 1 aliphatic rings. The van der Waals surface area contributed by atoms with Crippen LogP contribution in [0.15, 0.2) is 36.9 Å². The van der Waals surface area contributed by atoms with Crippen LogP contribution in [0.25, 0.3) is 0 Å². The van der Waals surface area contributed by atoms with E-state index >= 15 is 0 Å². The number of rotatable bonds is 3. The summed E-state index contributed by atoms with van der Waals surface area (Å²) in [7, 11) is 0. The predicted molar refractivity (Wildman–Crippen MR) is 80.1 cm³/mol. The molecule has 0 radical (unpaired) electrons. The Kier molecular flexibility index (Phi) is 4.11. The van der Waals surface area contributed by atoms with Gasteiger partial charge in [0, 0.05) is 49.5 Å². The normalized spacial score (nSPS) is 21.1. The Morgan fingerprint density at radius 1 is 1.32 bits per heavy atom. The second kappa shape index (κ2) is 6.19. The Morgan fingerprint density at radius 2 is 2.18 bits per heavy atom. The molecule has 0 bridgehead atoms. The summed E-state index contributed by atoms with van der Waals surface area (Å²) in [6.45, 7) is 2.68. The number of likely N-dealkylation sites (tertiary alicyclic amines) is 1. The highest BCUT2D eigenvalue weighted by molar-refractivity contribution is 5.95. The van der Waals surface area contributed by atoms with Crippen molar-refractivity contribution in [2.75, 3.05) is 13.1 Å². The summed E-state index contributed by atoms with van der Waals surface area (Å²) in [6.07, 6.45) is 6.70. The summed E-state index contributed by atoms with van der Waals surface area (Å²) in [5.74, 6) is -0.0936. The van der Waals surface area contributed by atoms with E-state index in [1.807, 2.05) is 6.92 Å². The molecule has 2 atom stereocenters. The SMILES string of the molecule is Cc1ncccc1C(=O)N1C[C@@H](Cc2cnccn2)[C@H](O)C1. The van der Waals surface area contributed by atoms with E-state index in [0.29, 0.717) is 30.8 Å². The first kappa shape index (κ1) is 14.6. The van der Waals surface area contributed by atoms with Crippen LogP contribution in [-0.4, -0.2) is 50.1 Å². The summed E-state index contributed by atoms with van der Waals surface area (Å²) in [4.78, 5) is 26.7. The molecule has 2 aromatic heterocycles. The van der Waals surface area contributed by atoms with Gasteiger partial charge in [-0.3, -0.25) is 19.7 Å². The average molecular weight is 298 g/mol. The van der Waals surface area contributed by atoms with E-state index in [-0.39, 0.29) is 11.8 Å². The molecule has 6 heteroatoms. The van der Waals surface area contributed by atoms with E-state index < -0.39 is 6.10 Å². The summed E-state index contributed by atoms with van der Waals surface area (Å²) in [5.41, 5.74) is 2.13. The minimum Gasteiger partial charge on any atom is -0.391 e. The van der Waals surface area contributed by atoms with Gasteiger partial charge in [-0.25, -0.2) is 0 Å². The minimum absolute atomic E-state index is 0.0161. The van der Waals surface area contributed by atoms with Crippen LogP contribution >= 0.6 is 0 Å². The molecule has 1 aliphatic heterocycles. The number of hydrogen-bond acceptors (Lipinski definition) is 5. The highest BCUT2D eigenvalue weighted by Gasteiger charge is 2.35. The minimum atomic E-state index is -0.539. The molecule has 3 heterocycles. The Hall–Kier alpha value is -2.34. The molecule has 2 aromatic rings. The lowest BCUT2D eigenvalue weighted by Crippen LogP contribution is -2.30. The smallest absolute Gasteiger partial charge is 0.255 e. The lowest BCUT2D eigenvalue weighted by molar-refractivity contribution is 0.0763.